The first-order chi connectivity index (χ1) is 4.94. The second-order valence-electron chi connectivity index (χ2n) is 2.68. The molecule has 0 spiro atoms. The Morgan fingerprint density at radius 1 is 1.55 bits per heavy atom. The maximum Gasteiger partial charge on any atom is 0.194 e. The maximum absolute atomic E-state index is 8.89. The van der Waals surface area contributed by atoms with E-state index in [4.69, 9.17) is 9.90 Å². The largest absolute Gasteiger partial charge is 0.550 e. The van der Waals surface area contributed by atoms with Crippen molar-refractivity contribution in [1.82, 2.24) is 0 Å². The van der Waals surface area contributed by atoms with Gasteiger partial charge in [0.2, 0.25) is 0 Å². The van der Waals surface area contributed by atoms with Gasteiger partial charge in [-0.25, -0.2) is 4.99 Å². The quantitative estimate of drug-likeness (QED) is 0.437. The molecule has 0 aromatic carbocycles. The van der Waals surface area contributed by atoms with Gasteiger partial charge in [-0.3, -0.25) is 4.48 Å². The second kappa shape index (κ2) is 3.88. The number of hydrogen-bond acceptors (Lipinski definition) is 3. The van der Waals surface area contributed by atoms with E-state index in [9.17, 15) is 0 Å². The van der Waals surface area contributed by atoms with Gasteiger partial charge in [0.1, 0.15) is 6.20 Å². The third kappa shape index (κ3) is 6.73. The summed E-state index contributed by atoms with van der Waals surface area (Å²) < 4.78 is 0.778. The monoisotopic (exact) mass is 156 g/mol. The van der Waals surface area contributed by atoms with Gasteiger partial charge in [0.15, 0.2) is 6.34 Å². The lowest BCUT2D eigenvalue weighted by Crippen LogP contribution is -2.28. The highest BCUT2D eigenvalue weighted by molar-refractivity contribution is 5.60. The van der Waals surface area contributed by atoms with E-state index in [1.54, 1.807) is 6.20 Å². The van der Waals surface area contributed by atoms with Gasteiger partial charge in [-0.1, -0.05) is 0 Å². The Morgan fingerprint density at radius 2 is 2.00 bits per heavy atom. The molecule has 1 rings (SSSR count). The van der Waals surface area contributed by atoms with E-state index < -0.39 is 5.97 Å². The van der Waals surface area contributed by atoms with E-state index in [1.165, 1.54) is 0 Å². The van der Waals surface area contributed by atoms with Crippen LogP contribution in [0.15, 0.2) is 17.4 Å². The van der Waals surface area contributed by atoms with Gasteiger partial charge in [-0.15, -0.1) is 0 Å². The molecule has 0 radical (unpaired) electrons. The molecule has 62 valence electrons. The number of carboxylic acid groups (broad SMARTS) is 1. The molecule has 0 aromatic heterocycles. The third-order valence-electron chi connectivity index (χ3n) is 0.901. The molecule has 0 N–H and O–H groups in total. The fraction of sp³-hybridized carbons (Fsp3) is 0.429. The van der Waals surface area contributed by atoms with Crippen molar-refractivity contribution in [3.63, 3.8) is 0 Å². The van der Waals surface area contributed by atoms with Crippen molar-refractivity contribution in [2.45, 2.75) is 6.92 Å². The van der Waals surface area contributed by atoms with Gasteiger partial charge >= 0.3 is 0 Å². The number of carbonyl (C=O) groups is 1. The van der Waals surface area contributed by atoms with Gasteiger partial charge in [-0.2, -0.15) is 0 Å². The van der Waals surface area contributed by atoms with E-state index in [2.05, 4.69) is 19.1 Å². The molecule has 0 saturated heterocycles. The zero-order valence-electron chi connectivity index (χ0n) is 6.94. The molecule has 0 aliphatic carbocycles. The first kappa shape index (κ1) is 9.84. The van der Waals surface area contributed by atoms with Crippen LogP contribution >= 0.6 is 0 Å². The topological polar surface area (TPSA) is 52.5 Å². The molecule has 0 aromatic rings. The summed E-state index contributed by atoms with van der Waals surface area (Å²) in [6.07, 6.45) is 5.69. The average Bonchev–Trinajstić information content (AvgIpc) is 2.11. The minimum absolute atomic E-state index is 0.778. The summed E-state index contributed by atoms with van der Waals surface area (Å²) in [5.41, 5.74) is 0. The molecule has 0 amide bonds. The summed E-state index contributed by atoms with van der Waals surface area (Å²) >= 11 is 0. The Morgan fingerprint density at radius 3 is 2.09 bits per heavy atom. The predicted molar refractivity (Wildman–Crippen MR) is 40.4 cm³/mol. The van der Waals surface area contributed by atoms with Crippen LogP contribution in [0.5, 0.6) is 0 Å². The lowest BCUT2D eigenvalue weighted by atomic mass is 10.7. The van der Waals surface area contributed by atoms with Crippen LogP contribution in [0, 0.1) is 0 Å². The van der Waals surface area contributed by atoms with Crippen LogP contribution < -0.4 is 5.11 Å². The summed E-state index contributed by atoms with van der Waals surface area (Å²) in [7, 11) is 4.12. The number of carbonyl (C=O) groups excluding carboxylic acids is 1. The molecule has 1 heterocycles. The highest BCUT2D eigenvalue weighted by Gasteiger charge is 2.09. The predicted octanol–water partition coefficient (Wildman–Crippen LogP) is -0.668. The molecule has 0 bridgehead atoms. The molecule has 4 nitrogen and oxygen atoms in total. The minimum atomic E-state index is -1.08. The number of rotatable bonds is 0. The molecule has 0 fully saturated rings. The molecular formula is C7H12N2O2. The molecule has 1 aliphatic heterocycles. The van der Waals surface area contributed by atoms with Crippen LogP contribution in [-0.4, -0.2) is 30.9 Å². The van der Waals surface area contributed by atoms with Crippen molar-refractivity contribution in [3.8, 4) is 0 Å². The Balaban J connectivity index is 0.000000218. The van der Waals surface area contributed by atoms with Crippen molar-refractivity contribution in [1.29, 1.82) is 0 Å². The summed E-state index contributed by atoms with van der Waals surface area (Å²) in [6.45, 7) is 0.972. The normalized spacial score (nSPS) is 17.4. The van der Waals surface area contributed by atoms with Gasteiger partial charge in [0, 0.05) is 5.97 Å². The van der Waals surface area contributed by atoms with Gasteiger partial charge < -0.3 is 9.90 Å². The smallest absolute Gasteiger partial charge is 0.194 e. The lowest BCUT2D eigenvalue weighted by Gasteiger charge is -2.12. The number of carboxylic acids is 1. The van der Waals surface area contributed by atoms with Crippen LogP contribution in [0.3, 0.4) is 0 Å². The van der Waals surface area contributed by atoms with E-state index in [0.29, 0.717) is 0 Å². The molecule has 0 unspecified atom stereocenters. The average molecular weight is 156 g/mol. The molecule has 4 heteroatoms. The van der Waals surface area contributed by atoms with Crippen molar-refractivity contribution in [2.75, 3.05) is 14.1 Å². The van der Waals surface area contributed by atoms with Crippen molar-refractivity contribution in [2.24, 2.45) is 4.99 Å². The van der Waals surface area contributed by atoms with Crippen molar-refractivity contribution >= 4 is 12.3 Å². The molecule has 1 aliphatic rings. The summed E-state index contributed by atoms with van der Waals surface area (Å²) in [5.74, 6) is -1.08. The first-order valence-corrected chi connectivity index (χ1v) is 3.17. The Bertz CT molecular complexity index is 177. The van der Waals surface area contributed by atoms with Gasteiger partial charge in [0.25, 0.3) is 0 Å². The SMILES string of the molecule is CC(=O)[O-].C[N+]1(C)C=CN=C1. The van der Waals surface area contributed by atoms with Crippen molar-refractivity contribution in [3.05, 3.63) is 12.4 Å². The molecule has 0 saturated carbocycles. The maximum atomic E-state index is 8.89. The summed E-state index contributed by atoms with van der Waals surface area (Å²) in [6, 6.07) is 0. The second-order valence-corrected chi connectivity index (χ2v) is 2.68. The van der Waals surface area contributed by atoms with E-state index in [-0.39, 0.29) is 0 Å². The van der Waals surface area contributed by atoms with E-state index in [1.807, 2.05) is 12.5 Å². The zero-order chi connectivity index (χ0) is 8.91. The Hall–Kier alpha value is -1.16. The highest BCUT2D eigenvalue weighted by atomic mass is 16.4. The lowest BCUT2D eigenvalue weighted by molar-refractivity contribution is -0.732. The van der Waals surface area contributed by atoms with Crippen LogP contribution in [0.25, 0.3) is 0 Å². The van der Waals surface area contributed by atoms with Crippen LogP contribution in [0.1, 0.15) is 6.92 Å². The van der Waals surface area contributed by atoms with Crippen molar-refractivity contribution < 1.29 is 14.4 Å². The fourth-order valence-electron chi connectivity index (χ4n) is 0.459. The van der Waals surface area contributed by atoms with Crippen LogP contribution in [-0.2, 0) is 4.79 Å². The Labute approximate surface area is 66.1 Å². The van der Waals surface area contributed by atoms with E-state index in [0.717, 1.165) is 11.4 Å². The summed E-state index contributed by atoms with van der Waals surface area (Å²) in [5, 5.41) is 8.89. The van der Waals surface area contributed by atoms with Crippen LogP contribution in [0.4, 0.5) is 0 Å². The van der Waals surface area contributed by atoms with Gasteiger partial charge in [-0.05, 0) is 6.92 Å². The highest BCUT2D eigenvalue weighted by Crippen LogP contribution is 1.99. The molecular weight excluding hydrogens is 144 g/mol. The first-order valence-electron chi connectivity index (χ1n) is 3.17. The number of aliphatic imine (C=N–C) groups is 1. The number of aliphatic carboxylic acids is 1. The fourth-order valence-corrected chi connectivity index (χ4v) is 0.459. The molecule has 0 atom stereocenters. The van der Waals surface area contributed by atoms with E-state index >= 15 is 0 Å². The minimum Gasteiger partial charge on any atom is -0.550 e. The summed E-state index contributed by atoms with van der Waals surface area (Å²) in [4.78, 5) is 12.8. The number of quaternary nitrogens is 1. The number of hydrogen-bond donors (Lipinski definition) is 0. The van der Waals surface area contributed by atoms with Crippen LogP contribution in [0.2, 0.25) is 0 Å². The third-order valence-corrected chi connectivity index (χ3v) is 0.901. The van der Waals surface area contributed by atoms with Gasteiger partial charge in [0.05, 0.1) is 20.3 Å². The Kier molecular flexibility index (Phi) is 3.47. The molecule has 11 heavy (non-hydrogen) atoms. The standard InChI is InChI=1S/C5H9N2.C2H4O2/c1-7(2)4-3-6-5-7;1-2(3)4/h3-5H,1-2H3;1H3,(H,3,4)/q+1;/p-1. The zero-order valence-corrected chi connectivity index (χ0v) is 6.94. The number of nitrogens with zero attached hydrogens (tertiary/aromatic N) is 2.